The number of carbonyl (C=O) groups is 2. The summed E-state index contributed by atoms with van der Waals surface area (Å²) in [5.74, 6) is -1.40. The highest BCUT2D eigenvalue weighted by molar-refractivity contribution is 9.10. The Morgan fingerprint density at radius 3 is 2.47 bits per heavy atom. The molecule has 0 radical (unpaired) electrons. The summed E-state index contributed by atoms with van der Waals surface area (Å²) in [7, 11) is 1.47. The molecule has 176 valence electrons. The zero-order chi connectivity index (χ0) is 24.7. The maximum atomic E-state index is 13.1. The zero-order valence-electron chi connectivity index (χ0n) is 17.6. The molecular weight excluding hydrogens is 552 g/mol. The van der Waals surface area contributed by atoms with Crippen molar-refractivity contribution < 1.29 is 23.5 Å². The number of hydrogen-bond acceptors (Lipinski definition) is 5. The van der Waals surface area contributed by atoms with E-state index in [2.05, 4.69) is 31.8 Å². The molecule has 0 fully saturated rings. The van der Waals surface area contributed by atoms with Crippen LogP contribution in [0.5, 0.6) is 11.5 Å². The molecule has 2 amide bonds. The Labute approximate surface area is 213 Å². The van der Waals surface area contributed by atoms with E-state index >= 15 is 0 Å². The highest BCUT2D eigenvalue weighted by atomic mass is 79.9. The van der Waals surface area contributed by atoms with E-state index in [1.165, 1.54) is 43.7 Å². The summed E-state index contributed by atoms with van der Waals surface area (Å²) < 4.78 is 24.8. The smallest absolute Gasteiger partial charge is 0.329 e. The Kier molecular flexibility index (Phi) is 8.86. The molecule has 0 heterocycles. The van der Waals surface area contributed by atoms with E-state index in [-0.39, 0.29) is 17.4 Å². The fourth-order valence-electron chi connectivity index (χ4n) is 2.67. The van der Waals surface area contributed by atoms with Gasteiger partial charge in [-0.3, -0.25) is 9.59 Å². The summed E-state index contributed by atoms with van der Waals surface area (Å²) in [6.07, 6.45) is 1.33. The van der Waals surface area contributed by atoms with Crippen molar-refractivity contribution in [2.75, 3.05) is 12.4 Å². The first kappa shape index (κ1) is 25.5. The number of nitrogens with one attached hydrogen (secondary N) is 2. The lowest BCUT2D eigenvalue weighted by molar-refractivity contribution is -0.136. The second-order valence-corrected chi connectivity index (χ2v) is 8.40. The lowest BCUT2D eigenvalue weighted by Crippen LogP contribution is -2.32. The number of anilines is 1. The third kappa shape index (κ3) is 6.93. The van der Waals surface area contributed by atoms with Crippen LogP contribution in [0.25, 0.3) is 0 Å². The average molecular weight is 569 g/mol. The highest BCUT2D eigenvalue weighted by Crippen LogP contribution is 2.36. The minimum atomic E-state index is -0.979. The minimum Gasteiger partial charge on any atom is -0.493 e. The van der Waals surface area contributed by atoms with Crippen LogP contribution in [-0.2, 0) is 16.2 Å². The topological polar surface area (TPSA) is 89.0 Å². The van der Waals surface area contributed by atoms with E-state index in [1.807, 2.05) is 0 Å². The van der Waals surface area contributed by atoms with Gasteiger partial charge in [0, 0.05) is 5.69 Å². The molecule has 0 atom stereocenters. The highest BCUT2D eigenvalue weighted by Gasteiger charge is 2.14. The molecule has 0 aliphatic rings. The number of amides is 2. The third-order valence-electron chi connectivity index (χ3n) is 4.31. The quantitative estimate of drug-likeness (QED) is 0.221. The van der Waals surface area contributed by atoms with Gasteiger partial charge in [0.05, 0.1) is 27.8 Å². The molecule has 0 saturated heterocycles. The van der Waals surface area contributed by atoms with E-state index in [0.29, 0.717) is 32.2 Å². The number of rotatable bonds is 7. The molecule has 11 heteroatoms. The van der Waals surface area contributed by atoms with Crippen LogP contribution in [0.2, 0.25) is 10.0 Å². The summed E-state index contributed by atoms with van der Waals surface area (Å²) in [5.41, 5.74) is 3.79. The number of methoxy groups -OCH3 is 1. The van der Waals surface area contributed by atoms with E-state index in [9.17, 15) is 14.0 Å². The van der Waals surface area contributed by atoms with E-state index < -0.39 is 11.8 Å². The lowest BCUT2D eigenvalue weighted by Gasteiger charge is -2.13. The second kappa shape index (κ2) is 11.8. The molecule has 2 N–H and O–H groups in total. The first-order valence-electron chi connectivity index (χ1n) is 9.61. The van der Waals surface area contributed by atoms with Crippen LogP contribution in [0, 0.1) is 5.82 Å². The summed E-state index contributed by atoms with van der Waals surface area (Å²) in [5, 5.41) is 6.75. The van der Waals surface area contributed by atoms with Crippen molar-refractivity contribution >= 4 is 62.8 Å². The maximum Gasteiger partial charge on any atom is 0.329 e. The van der Waals surface area contributed by atoms with Gasteiger partial charge >= 0.3 is 11.8 Å². The van der Waals surface area contributed by atoms with Crippen LogP contribution >= 0.6 is 39.1 Å². The number of nitrogens with zero attached hydrogens (tertiary/aromatic N) is 1. The van der Waals surface area contributed by atoms with Crippen LogP contribution < -0.4 is 20.2 Å². The number of ether oxygens (including phenoxy) is 2. The van der Waals surface area contributed by atoms with Gasteiger partial charge in [0.2, 0.25) is 0 Å². The molecule has 34 heavy (non-hydrogen) atoms. The molecule has 3 rings (SSSR count). The van der Waals surface area contributed by atoms with E-state index in [0.717, 1.165) is 5.56 Å². The molecule has 0 bridgehead atoms. The Balaban J connectivity index is 1.61. The van der Waals surface area contributed by atoms with Gasteiger partial charge in [0.15, 0.2) is 11.5 Å². The Morgan fingerprint density at radius 2 is 1.79 bits per heavy atom. The molecule has 3 aromatic carbocycles. The molecular formula is C23H17BrCl2FN3O4. The van der Waals surface area contributed by atoms with Gasteiger partial charge in [-0.25, -0.2) is 9.82 Å². The zero-order valence-corrected chi connectivity index (χ0v) is 20.7. The number of carbonyl (C=O) groups excluding carboxylic acids is 2. The van der Waals surface area contributed by atoms with Crippen molar-refractivity contribution in [3.05, 3.63) is 86.1 Å². The second-order valence-electron chi connectivity index (χ2n) is 6.73. The van der Waals surface area contributed by atoms with Crippen molar-refractivity contribution in [3.63, 3.8) is 0 Å². The van der Waals surface area contributed by atoms with Crippen LogP contribution in [0.1, 0.15) is 11.1 Å². The maximum absolute atomic E-state index is 13.1. The molecule has 3 aromatic rings. The summed E-state index contributed by atoms with van der Waals surface area (Å²) in [6.45, 7) is 0.201. The van der Waals surface area contributed by atoms with E-state index in [4.69, 9.17) is 32.7 Å². The predicted octanol–water partition coefficient (Wildman–Crippen LogP) is 5.57. The average Bonchev–Trinajstić information content (AvgIpc) is 2.81. The van der Waals surface area contributed by atoms with Crippen molar-refractivity contribution in [1.29, 1.82) is 0 Å². The largest absolute Gasteiger partial charge is 0.493 e. The molecule has 0 saturated carbocycles. The normalized spacial score (nSPS) is 10.7. The van der Waals surface area contributed by atoms with Gasteiger partial charge in [0.1, 0.15) is 12.4 Å². The van der Waals surface area contributed by atoms with Gasteiger partial charge in [-0.15, -0.1) is 0 Å². The van der Waals surface area contributed by atoms with Crippen LogP contribution in [0.4, 0.5) is 10.1 Å². The molecule has 0 unspecified atom stereocenters. The number of benzene rings is 3. The third-order valence-corrected chi connectivity index (χ3v) is 5.64. The predicted molar refractivity (Wildman–Crippen MR) is 132 cm³/mol. The summed E-state index contributed by atoms with van der Waals surface area (Å²) >= 11 is 15.1. The van der Waals surface area contributed by atoms with E-state index in [1.54, 1.807) is 24.3 Å². The summed E-state index contributed by atoms with van der Waals surface area (Å²) in [4.78, 5) is 24.0. The van der Waals surface area contributed by atoms with Crippen LogP contribution in [0.3, 0.4) is 0 Å². The van der Waals surface area contributed by atoms with Gasteiger partial charge in [0.25, 0.3) is 0 Å². The number of halogens is 4. The van der Waals surface area contributed by atoms with Crippen molar-refractivity contribution in [2.45, 2.75) is 6.61 Å². The molecule has 0 aromatic heterocycles. The number of hydrazone groups is 1. The molecule has 0 aliphatic heterocycles. The van der Waals surface area contributed by atoms with Gasteiger partial charge < -0.3 is 14.8 Å². The standard InChI is InChI=1S/C23H17BrCl2FN3O4/c1-33-20-9-14(8-17(24)21(20)34-12-13-2-4-15(27)5-3-13)11-28-30-23(32)22(31)29-16-6-7-18(25)19(26)10-16/h2-11H,12H2,1H3,(H,29,31)(H,30,32)/b28-11+. The molecule has 7 nitrogen and oxygen atoms in total. The number of hydrogen-bond donors (Lipinski definition) is 2. The Bertz CT molecular complexity index is 1240. The monoisotopic (exact) mass is 567 g/mol. The first-order chi connectivity index (χ1) is 16.3. The minimum absolute atomic E-state index is 0.201. The fourth-order valence-corrected chi connectivity index (χ4v) is 3.54. The van der Waals surface area contributed by atoms with Crippen LogP contribution in [-0.4, -0.2) is 25.1 Å². The summed E-state index contributed by atoms with van der Waals surface area (Å²) in [6, 6.07) is 13.7. The van der Waals surface area contributed by atoms with Crippen molar-refractivity contribution in [2.24, 2.45) is 5.10 Å². The molecule has 0 spiro atoms. The molecule has 0 aliphatic carbocycles. The fraction of sp³-hybridized carbons (Fsp3) is 0.0870. The SMILES string of the molecule is COc1cc(/C=N/NC(=O)C(=O)Nc2ccc(Cl)c(Cl)c2)cc(Br)c1OCc1ccc(F)cc1. The van der Waals surface area contributed by atoms with Crippen molar-refractivity contribution in [1.82, 2.24) is 5.43 Å². The van der Waals surface area contributed by atoms with Crippen molar-refractivity contribution in [3.8, 4) is 11.5 Å². The Morgan fingerprint density at radius 1 is 1.06 bits per heavy atom. The van der Waals surface area contributed by atoms with Crippen LogP contribution in [0.15, 0.2) is 64.2 Å². The first-order valence-corrected chi connectivity index (χ1v) is 11.2. The lowest BCUT2D eigenvalue weighted by atomic mass is 10.2. The van der Waals surface area contributed by atoms with Gasteiger partial charge in [-0.2, -0.15) is 5.10 Å². The Hall–Kier alpha value is -3.14. The van der Waals surface area contributed by atoms with Gasteiger partial charge in [-0.1, -0.05) is 35.3 Å². The van der Waals surface area contributed by atoms with Gasteiger partial charge in [-0.05, 0) is 69.5 Å².